The van der Waals surface area contributed by atoms with Gasteiger partial charge in [-0.05, 0) is 65.5 Å². The van der Waals surface area contributed by atoms with Crippen LogP contribution in [0.1, 0.15) is 77.7 Å². The first-order valence-corrected chi connectivity index (χ1v) is 9.46. The Morgan fingerprint density at radius 1 is 1.04 bits per heavy atom. The summed E-state index contributed by atoms with van der Waals surface area (Å²) in [7, 11) is 0. The molecule has 2 heteroatoms. The number of aromatic carboxylic acids is 1. The molecular weight excluding hydrogens is 320 g/mol. The Labute approximate surface area is 156 Å². The Morgan fingerprint density at radius 3 is 2.42 bits per heavy atom. The number of hydrogen-bond donors (Lipinski definition) is 1. The van der Waals surface area contributed by atoms with Gasteiger partial charge in [-0.1, -0.05) is 63.3 Å². The van der Waals surface area contributed by atoms with Crippen LogP contribution in [-0.2, 0) is 0 Å². The molecule has 3 rings (SSSR count). The lowest BCUT2D eigenvalue weighted by atomic mass is 9.62. The second-order valence-corrected chi connectivity index (χ2v) is 7.71. The van der Waals surface area contributed by atoms with Gasteiger partial charge in [0.15, 0.2) is 0 Å². The van der Waals surface area contributed by atoms with Crippen molar-refractivity contribution in [2.75, 3.05) is 0 Å². The number of benzene rings is 2. The van der Waals surface area contributed by atoms with Gasteiger partial charge in [-0.15, -0.1) is 0 Å². The second-order valence-electron chi connectivity index (χ2n) is 7.71. The first kappa shape index (κ1) is 18.4. The van der Waals surface area contributed by atoms with E-state index in [2.05, 4.69) is 52.0 Å². The Morgan fingerprint density at radius 2 is 1.77 bits per heavy atom. The van der Waals surface area contributed by atoms with Crippen LogP contribution >= 0.6 is 0 Å². The van der Waals surface area contributed by atoms with Gasteiger partial charge in [0.1, 0.15) is 0 Å². The summed E-state index contributed by atoms with van der Waals surface area (Å²) in [4.78, 5) is 11.9. The van der Waals surface area contributed by atoms with Gasteiger partial charge in [-0.25, -0.2) is 4.79 Å². The molecule has 4 atom stereocenters. The Balaban J connectivity index is 2.29. The molecule has 0 spiro atoms. The van der Waals surface area contributed by atoms with Crippen LogP contribution in [0, 0.1) is 18.8 Å². The van der Waals surface area contributed by atoms with Gasteiger partial charge < -0.3 is 5.11 Å². The molecule has 0 heterocycles. The first-order valence-electron chi connectivity index (χ1n) is 9.46. The molecule has 2 aromatic rings. The van der Waals surface area contributed by atoms with Gasteiger partial charge in [0.05, 0.1) is 5.56 Å². The normalized spacial score (nSPS) is 25.3. The van der Waals surface area contributed by atoms with Crippen molar-refractivity contribution in [3.05, 3.63) is 75.9 Å². The molecule has 0 radical (unpaired) electrons. The molecular formula is C24H28O2. The quantitative estimate of drug-likeness (QED) is 0.712. The van der Waals surface area contributed by atoms with E-state index in [9.17, 15) is 9.90 Å². The Bertz CT molecular complexity index is 863. The lowest BCUT2D eigenvalue weighted by molar-refractivity contribution is 0.0694. The maximum absolute atomic E-state index is 11.9. The molecule has 2 aromatic carbocycles. The number of hydrogen-bond acceptors (Lipinski definition) is 1. The summed E-state index contributed by atoms with van der Waals surface area (Å²) >= 11 is 0. The van der Waals surface area contributed by atoms with Crippen LogP contribution in [0.15, 0.2) is 42.5 Å². The fourth-order valence-electron chi connectivity index (χ4n) is 4.68. The number of allylic oxidation sites excluding steroid dienone is 1. The molecule has 26 heavy (non-hydrogen) atoms. The van der Waals surface area contributed by atoms with Gasteiger partial charge in [0, 0.05) is 5.92 Å². The van der Waals surface area contributed by atoms with Crippen LogP contribution in [0.5, 0.6) is 0 Å². The molecule has 0 bridgehead atoms. The number of fused-ring (bicyclic) bond motifs is 1. The lowest BCUT2D eigenvalue weighted by Gasteiger charge is -2.42. The minimum Gasteiger partial charge on any atom is -0.478 e. The highest BCUT2D eigenvalue weighted by Gasteiger charge is 2.38. The summed E-state index contributed by atoms with van der Waals surface area (Å²) in [5.41, 5.74) is 6.41. The van der Waals surface area contributed by atoms with E-state index in [1.54, 1.807) is 6.07 Å². The SMILES string of the molecule is C/C=C/c1ccc(C(=O)O)c(C2c3cccc(C)c3C(C)C(C)C2C)c1. The van der Waals surface area contributed by atoms with E-state index in [-0.39, 0.29) is 5.92 Å². The van der Waals surface area contributed by atoms with Crippen LogP contribution in [0.4, 0.5) is 0 Å². The molecule has 0 saturated carbocycles. The largest absolute Gasteiger partial charge is 0.478 e. The summed E-state index contributed by atoms with van der Waals surface area (Å²) in [6.45, 7) is 11.0. The van der Waals surface area contributed by atoms with Crippen molar-refractivity contribution in [2.45, 2.75) is 46.5 Å². The highest BCUT2D eigenvalue weighted by atomic mass is 16.4. The number of rotatable bonds is 3. The third-order valence-corrected chi connectivity index (χ3v) is 6.29. The topological polar surface area (TPSA) is 37.3 Å². The summed E-state index contributed by atoms with van der Waals surface area (Å²) < 4.78 is 0. The van der Waals surface area contributed by atoms with Crippen LogP contribution in [0.25, 0.3) is 6.08 Å². The van der Waals surface area contributed by atoms with E-state index in [1.807, 2.05) is 25.1 Å². The van der Waals surface area contributed by atoms with Crippen molar-refractivity contribution in [3.8, 4) is 0 Å². The predicted octanol–water partition coefficient (Wildman–Crippen LogP) is 6.25. The van der Waals surface area contributed by atoms with Gasteiger partial charge in [0.25, 0.3) is 0 Å². The minimum atomic E-state index is -0.847. The van der Waals surface area contributed by atoms with Gasteiger partial charge in [0.2, 0.25) is 0 Å². The highest BCUT2D eigenvalue weighted by Crippen LogP contribution is 2.50. The summed E-state index contributed by atoms with van der Waals surface area (Å²) in [6, 6.07) is 12.2. The van der Waals surface area contributed by atoms with E-state index >= 15 is 0 Å². The van der Waals surface area contributed by atoms with Crippen molar-refractivity contribution in [3.63, 3.8) is 0 Å². The standard InChI is InChI=1S/C24H28O2/c1-6-8-18-11-12-19(24(25)26)21(13-18)23-17(5)15(3)16(4)22-14(2)9-7-10-20(22)23/h6-13,15-17,23H,1-5H3,(H,25,26)/b8-6+. The van der Waals surface area contributed by atoms with E-state index in [0.717, 1.165) is 11.1 Å². The monoisotopic (exact) mass is 348 g/mol. The molecule has 0 saturated heterocycles. The van der Waals surface area contributed by atoms with Crippen LogP contribution in [0.2, 0.25) is 0 Å². The van der Waals surface area contributed by atoms with Crippen molar-refractivity contribution in [2.24, 2.45) is 11.8 Å². The maximum atomic E-state index is 11.9. The molecule has 1 aliphatic carbocycles. The second kappa shape index (κ2) is 7.11. The summed E-state index contributed by atoms with van der Waals surface area (Å²) in [6.07, 6.45) is 4.03. The van der Waals surface area contributed by atoms with E-state index < -0.39 is 5.97 Å². The number of carbonyl (C=O) groups is 1. The average molecular weight is 348 g/mol. The van der Waals surface area contributed by atoms with E-state index in [4.69, 9.17) is 0 Å². The maximum Gasteiger partial charge on any atom is 0.335 e. The minimum absolute atomic E-state index is 0.104. The average Bonchev–Trinajstić information content (AvgIpc) is 2.60. The Hall–Kier alpha value is -2.35. The van der Waals surface area contributed by atoms with E-state index in [1.165, 1.54) is 16.7 Å². The molecule has 0 aromatic heterocycles. The zero-order valence-corrected chi connectivity index (χ0v) is 16.3. The van der Waals surface area contributed by atoms with Crippen LogP contribution in [0.3, 0.4) is 0 Å². The highest BCUT2D eigenvalue weighted by molar-refractivity contribution is 5.90. The van der Waals surface area contributed by atoms with Crippen molar-refractivity contribution in [1.29, 1.82) is 0 Å². The number of carboxylic acids is 1. The van der Waals surface area contributed by atoms with Crippen molar-refractivity contribution in [1.82, 2.24) is 0 Å². The summed E-state index contributed by atoms with van der Waals surface area (Å²) in [5.74, 6) is 0.593. The molecule has 0 amide bonds. The molecule has 1 N–H and O–H groups in total. The predicted molar refractivity (Wildman–Crippen MR) is 108 cm³/mol. The van der Waals surface area contributed by atoms with Crippen molar-refractivity contribution >= 4 is 12.0 Å². The van der Waals surface area contributed by atoms with Crippen LogP contribution in [-0.4, -0.2) is 11.1 Å². The Kier molecular flexibility index (Phi) is 5.04. The van der Waals surface area contributed by atoms with E-state index in [0.29, 0.717) is 23.3 Å². The molecule has 0 aliphatic heterocycles. The van der Waals surface area contributed by atoms with Gasteiger partial charge >= 0.3 is 5.97 Å². The molecule has 4 unspecified atom stereocenters. The smallest absolute Gasteiger partial charge is 0.335 e. The van der Waals surface area contributed by atoms with Gasteiger partial charge in [-0.3, -0.25) is 0 Å². The van der Waals surface area contributed by atoms with Crippen molar-refractivity contribution < 1.29 is 9.90 Å². The fraction of sp³-hybridized carbons (Fsp3) is 0.375. The zero-order valence-electron chi connectivity index (χ0n) is 16.3. The molecule has 136 valence electrons. The third-order valence-electron chi connectivity index (χ3n) is 6.29. The number of carboxylic acid groups (broad SMARTS) is 1. The third kappa shape index (κ3) is 2.98. The van der Waals surface area contributed by atoms with Crippen LogP contribution < -0.4 is 0 Å². The fourth-order valence-corrected chi connectivity index (χ4v) is 4.68. The molecule has 0 fully saturated rings. The summed E-state index contributed by atoms with van der Waals surface area (Å²) in [5, 5.41) is 9.81. The lowest BCUT2D eigenvalue weighted by Crippen LogP contribution is -2.31. The first-order chi connectivity index (χ1) is 12.4. The zero-order chi connectivity index (χ0) is 19.0. The molecule has 2 nitrogen and oxygen atoms in total. The number of aryl methyl sites for hydroxylation is 1. The van der Waals surface area contributed by atoms with Gasteiger partial charge in [-0.2, -0.15) is 0 Å². The molecule has 1 aliphatic rings.